The van der Waals surface area contributed by atoms with E-state index in [0.29, 0.717) is 38.3 Å². The second-order valence-corrected chi connectivity index (χ2v) is 6.39. The number of hydrogen-bond donors (Lipinski definition) is 1. The molecular weight excluding hydrogens is 272 g/mol. The minimum Gasteiger partial charge on any atom is -0.481 e. The van der Waals surface area contributed by atoms with Gasteiger partial charge in [0.1, 0.15) is 0 Å². The van der Waals surface area contributed by atoms with Crippen molar-refractivity contribution in [3.63, 3.8) is 0 Å². The number of hydrogen-bond acceptors (Lipinski definition) is 3. The van der Waals surface area contributed by atoms with Gasteiger partial charge in [-0.25, -0.2) is 0 Å². The van der Waals surface area contributed by atoms with Crippen molar-refractivity contribution in [2.24, 2.45) is 17.8 Å². The normalized spacial score (nSPS) is 25.0. The van der Waals surface area contributed by atoms with E-state index in [1.807, 2.05) is 0 Å². The Morgan fingerprint density at radius 2 is 1.81 bits per heavy atom. The molecule has 21 heavy (non-hydrogen) atoms. The molecule has 0 radical (unpaired) electrons. The molecule has 2 amide bonds. The van der Waals surface area contributed by atoms with Gasteiger partial charge >= 0.3 is 5.97 Å². The first-order valence-electron chi connectivity index (χ1n) is 7.61. The van der Waals surface area contributed by atoms with Crippen molar-refractivity contribution in [3.05, 3.63) is 0 Å². The molecule has 1 N–H and O–H groups in total. The van der Waals surface area contributed by atoms with Gasteiger partial charge in [-0.1, -0.05) is 0 Å². The lowest BCUT2D eigenvalue weighted by molar-refractivity contribution is -0.142. The maximum atomic E-state index is 12.2. The summed E-state index contributed by atoms with van der Waals surface area (Å²) in [4.78, 5) is 38.1. The number of carbonyl (C=O) groups is 3. The number of nitrogens with zero attached hydrogens (tertiary/aromatic N) is 2. The second kappa shape index (κ2) is 6.45. The lowest BCUT2D eigenvalue weighted by Crippen LogP contribution is -2.30. The standard InChI is InChI=1S/C15H24N2O4/c1-16(2)13(18)4-3-5-14(19)17-8-11(10-6-7-10)12(9-17)15(20)21/h10-12H,3-9H2,1-2H3,(H,20,21)/t11-,12+/m1/s1. The summed E-state index contributed by atoms with van der Waals surface area (Å²) in [6.07, 6.45) is 3.39. The van der Waals surface area contributed by atoms with Crippen LogP contribution in [0.25, 0.3) is 0 Å². The highest BCUT2D eigenvalue weighted by Gasteiger charge is 2.46. The smallest absolute Gasteiger partial charge is 0.308 e. The Kier molecular flexibility index (Phi) is 4.85. The van der Waals surface area contributed by atoms with E-state index in [4.69, 9.17) is 0 Å². The third-order valence-corrected chi connectivity index (χ3v) is 4.54. The molecule has 1 aliphatic heterocycles. The monoisotopic (exact) mass is 296 g/mol. The minimum atomic E-state index is -0.787. The molecular formula is C15H24N2O4. The fraction of sp³-hybridized carbons (Fsp3) is 0.800. The number of likely N-dealkylation sites (tertiary alicyclic amines) is 1. The molecule has 118 valence electrons. The topological polar surface area (TPSA) is 77.9 Å². The predicted octanol–water partition coefficient (Wildman–Crippen LogP) is 0.814. The van der Waals surface area contributed by atoms with E-state index in [-0.39, 0.29) is 17.7 Å². The fourth-order valence-corrected chi connectivity index (χ4v) is 3.07. The van der Waals surface area contributed by atoms with Gasteiger partial charge in [0.05, 0.1) is 5.92 Å². The van der Waals surface area contributed by atoms with Crippen molar-refractivity contribution in [1.29, 1.82) is 0 Å². The summed E-state index contributed by atoms with van der Waals surface area (Å²) < 4.78 is 0. The van der Waals surface area contributed by atoms with Crippen LogP contribution in [0.15, 0.2) is 0 Å². The summed E-state index contributed by atoms with van der Waals surface area (Å²) in [5, 5.41) is 9.28. The lowest BCUT2D eigenvalue weighted by Gasteiger charge is -2.16. The Balaban J connectivity index is 1.80. The number of rotatable bonds is 6. The molecule has 0 bridgehead atoms. The summed E-state index contributed by atoms with van der Waals surface area (Å²) in [5.74, 6) is -0.594. The predicted molar refractivity (Wildman–Crippen MR) is 76.5 cm³/mol. The SMILES string of the molecule is CN(C)C(=O)CCCC(=O)N1C[C@H](C(=O)O)[C@@H](C2CC2)C1. The first-order chi connectivity index (χ1) is 9.90. The van der Waals surface area contributed by atoms with E-state index in [2.05, 4.69) is 0 Å². The van der Waals surface area contributed by atoms with Crippen LogP contribution < -0.4 is 0 Å². The first-order valence-corrected chi connectivity index (χ1v) is 7.61. The van der Waals surface area contributed by atoms with Gasteiger partial charge in [0.15, 0.2) is 0 Å². The van der Waals surface area contributed by atoms with Crippen molar-refractivity contribution in [2.45, 2.75) is 32.1 Å². The molecule has 2 atom stereocenters. The van der Waals surface area contributed by atoms with Crippen LogP contribution in [0.4, 0.5) is 0 Å². The minimum absolute atomic E-state index is 0.0171. The van der Waals surface area contributed by atoms with Gasteiger partial charge in [0, 0.05) is 40.0 Å². The third kappa shape index (κ3) is 3.95. The average molecular weight is 296 g/mol. The van der Waals surface area contributed by atoms with E-state index in [1.165, 1.54) is 4.90 Å². The molecule has 6 heteroatoms. The van der Waals surface area contributed by atoms with E-state index < -0.39 is 11.9 Å². The Hall–Kier alpha value is -1.59. The first kappa shape index (κ1) is 15.8. The van der Waals surface area contributed by atoms with Crippen LogP contribution in [-0.4, -0.2) is 59.9 Å². The molecule has 1 heterocycles. The van der Waals surface area contributed by atoms with Crippen LogP contribution in [0.1, 0.15) is 32.1 Å². The van der Waals surface area contributed by atoms with Crippen molar-refractivity contribution >= 4 is 17.8 Å². The van der Waals surface area contributed by atoms with Gasteiger partial charge in [-0.05, 0) is 31.1 Å². The number of aliphatic carboxylic acids is 1. The van der Waals surface area contributed by atoms with Crippen molar-refractivity contribution < 1.29 is 19.5 Å². The van der Waals surface area contributed by atoms with Gasteiger partial charge in [-0.2, -0.15) is 0 Å². The zero-order valence-electron chi connectivity index (χ0n) is 12.7. The molecule has 1 saturated heterocycles. The van der Waals surface area contributed by atoms with Crippen LogP contribution in [0.3, 0.4) is 0 Å². The van der Waals surface area contributed by atoms with E-state index in [1.54, 1.807) is 19.0 Å². The summed E-state index contributed by atoms with van der Waals surface area (Å²) in [6.45, 7) is 0.902. The molecule has 0 aromatic heterocycles. The highest BCUT2D eigenvalue weighted by atomic mass is 16.4. The molecule has 2 rings (SSSR count). The van der Waals surface area contributed by atoms with Crippen LogP contribution >= 0.6 is 0 Å². The Morgan fingerprint density at radius 3 is 2.33 bits per heavy atom. The highest BCUT2D eigenvalue weighted by Crippen LogP contribution is 2.44. The highest BCUT2D eigenvalue weighted by molar-refractivity contribution is 5.80. The zero-order valence-corrected chi connectivity index (χ0v) is 12.7. The van der Waals surface area contributed by atoms with Crippen LogP contribution in [0.2, 0.25) is 0 Å². The maximum Gasteiger partial charge on any atom is 0.308 e. The molecule has 2 aliphatic rings. The Labute approximate surface area is 125 Å². The molecule has 2 fully saturated rings. The second-order valence-electron chi connectivity index (χ2n) is 6.39. The zero-order chi connectivity index (χ0) is 15.6. The molecule has 0 aromatic rings. The van der Waals surface area contributed by atoms with E-state index in [9.17, 15) is 19.5 Å². The molecule has 1 saturated carbocycles. The van der Waals surface area contributed by atoms with Crippen molar-refractivity contribution in [3.8, 4) is 0 Å². The van der Waals surface area contributed by atoms with Gasteiger partial charge in [0.2, 0.25) is 11.8 Å². The quantitative estimate of drug-likeness (QED) is 0.787. The van der Waals surface area contributed by atoms with Crippen LogP contribution in [-0.2, 0) is 14.4 Å². The fourth-order valence-electron chi connectivity index (χ4n) is 3.07. The number of carbonyl (C=O) groups excluding carboxylic acids is 2. The van der Waals surface area contributed by atoms with Gasteiger partial charge in [0.25, 0.3) is 0 Å². The van der Waals surface area contributed by atoms with Crippen molar-refractivity contribution in [2.75, 3.05) is 27.2 Å². The van der Waals surface area contributed by atoms with Crippen LogP contribution in [0.5, 0.6) is 0 Å². The van der Waals surface area contributed by atoms with E-state index >= 15 is 0 Å². The van der Waals surface area contributed by atoms with Crippen LogP contribution in [0, 0.1) is 17.8 Å². The Bertz CT molecular complexity index is 431. The Morgan fingerprint density at radius 1 is 1.14 bits per heavy atom. The average Bonchev–Trinajstić information content (AvgIpc) is 3.16. The molecule has 0 spiro atoms. The largest absolute Gasteiger partial charge is 0.481 e. The lowest BCUT2D eigenvalue weighted by atomic mass is 9.92. The number of carboxylic acids is 1. The maximum absolute atomic E-state index is 12.2. The van der Waals surface area contributed by atoms with Gasteiger partial charge in [-0.3, -0.25) is 14.4 Å². The third-order valence-electron chi connectivity index (χ3n) is 4.54. The van der Waals surface area contributed by atoms with Gasteiger partial charge in [-0.15, -0.1) is 0 Å². The summed E-state index contributed by atoms with van der Waals surface area (Å²) in [6, 6.07) is 0. The van der Waals surface area contributed by atoms with Gasteiger partial charge < -0.3 is 14.9 Å². The van der Waals surface area contributed by atoms with Crippen molar-refractivity contribution in [1.82, 2.24) is 9.80 Å². The molecule has 0 unspecified atom stereocenters. The molecule has 1 aliphatic carbocycles. The summed E-state index contributed by atoms with van der Waals surface area (Å²) >= 11 is 0. The number of amides is 2. The molecule has 0 aromatic carbocycles. The molecule has 6 nitrogen and oxygen atoms in total. The van der Waals surface area contributed by atoms with E-state index in [0.717, 1.165) is 12.8 Å². The number of carboxylic acid groups (broad SMARTS) is 1. The summed E-state index contributed by atoms with van der Waals surface area (Å²) in [7, 11) is 3.39. The summed E-state index contributed by atoms with van der Waals surface area (Å²) in [5.41, 5.74) is 0.